The van der Waals surface area contributed by atoms with Crippen LogP contribution >= 0.6 is 11.6 Å². The van der Waals surface area contributed by atoms with Gasteiger partial charge in [0, 0.05) is 32.2 Å². The molecule has 10 heteroatoms. The molecule has 0 radical (unpaired) electrons. The number of aryl methyl sites for hydroxylation is 1. The molecule has 3 N–H and O–H groups in total. The minimum atomic E-state index is -0.347. The summed E-state index contributed by atoms with van der Waals surface area (Å²) in [7, 11) is 0. The van der Waals surface area contributed by atoms with Gasteiger partial charge >= 0.3 is 0 Å². The van der Waals surface area contributed by atoms with Crippen molar-refractivity contribution >= 4 is 45.4 Å². The summed E-state index contributed by atoms with van der Waals surface area (Å²) in [6, 6.07) is 6.55. The Hall–Kier alpha value is -3.43. The maximum absolute atomic E-state index is 12.8. The Balaban J connectivity index is 1.52. The lowest BCUT2D eigenvalue weighted by Gasteiger charge is -2.27. The minimum Gasteiger partial charge on any atom is -0.454 e. The molecule has 0 saturated carbocycles. The summed E-state index contributed by atoms with van der Waals surface area (Å²) in [5.41, 5.74) is 7.09. The molecule has 0 unspecified atom stereocenters. The molecular formula is C21H19ClN6O3. The molecule has 0 atom stereocenters. The lowest BCUT2D eigenvalue weighted by molar-refractivity contribution is 0.472. The van der Waals surface area contributed by atoms with E-state index in [2.05, 4.69) is 25.2 Å². The second-order valence-corrected chi connectivity index (χ2v) is 7.63. The molecule has 1 saturated heterocycles. The minimum absolute atomic E-state index is 0.0526. The van der Waals surface area contributed by atoms with Gasteiger partial charge in [-0.3, -0.25) is 4.79 Å². The van der Waals surface area contributed by atoms with Crippen LogP contribution in [0.3, 0.4) is 0 Å². The standard InChI is InChI=1S/C21H19ClN6O3/c1-11-16(10-25-21(26-11)28-7-5-24-6-8-28)31-15-9-14-18(27-20(15)23)19(29)17-12(22)3-2-4-13(17)30-14/h2-4,9-10,24H,5-8H2,1H3,(H2,23,27). The first kappa shape index (κ1) is 19.5. The highest BCUT2D eigenvalue weighted by molar-refractivity contribution is 6.35. The number of nitrogens with two attached hydrogens (primary N) is 1. The number of ether oxygens (including phenoxy) is 1. The number of nitrogens with zero attached hydrogens (tertiary/aromatic N) is 4. The van der Waals surface area contributed by atoms with Gasteiger partial charge < -0.3 is 25.1 Å². The van der Waals surface area contributed by atoms with E-state index in [1.165, 1.54) is 0 Å². The van der Waals surface area contributed by atoms with Crippen LogP contribution in [0.5, 0.6) is 11.5 Å². The number of pyridine rings is 1. The van der Waals surface area contributed by atoms with Gasteiger partial charge in [0.25, 0.3) is 0 Å². The number of nitrogen functional groups attached to an aromatic ring is 1. The van der Waals surface area contributed by atoms with E-state index in [0.717, 1.165) is 26.2 Å². The van der Waals surface area contributed by atoms with Crippen LogP contribution in [0.25, 0.3) is 22.1 Å². The highest BCUT2D eigenvalue weighted by atomic mass is 35.5. The molecule has 0 bridgehead atoms. The third-order valence-electron chi connectivity index (χ3n) is 5.16. The number of rotatable bonds is 3. The van der Waals surface area contributed by atoms with E-state index in [1.54, 1.807) is 30.5 Å². The molecule has 0 amide bonds. The van der Waals surface area contributed by atoms with Crippen LogP contribution in [0.1, 0.15) is 5.69 Å². The molecule has 1 aliphatic rings. The van der Waals surface area contributed by atoms with Crippen LogP contribution in [0.2, 0.25) is 5.02 Å². The van der Waals surface area contributed by atoms with Gasteiger partial charge in [0.05, 0.1) is 22.3 Å². The van der Waals surface area contributed by atoms with Crippen LogP contribution in [-0.4, -0.2) is 41.1 Å². The number of anilines is 2. The summed E-state index contributed by atoms with van der Waals surface area (Å²) < 4.78 is 11.8. The van der Waals surface area contributed by atoms with E-state index in [0.29, 0.717) is 28.0 Å². The second-order valence-electron chi connectivity index (χ2n) is 7.22. The Morgan fingerprint density at radius 2 is 2.00 bits per heavy atom. The lowest BCUT2D eigenvalue weighted by Crippen LogP contribution is -2.44. The zero-order chi connectivity index (χ0) is 21.5. The summed E-state index contributed by atoms with van der Waals surface area (Å²) in [5, 5.41) is 3.87. The summed E-state index contributed by atoms with van der Waals surface area (Å²) in [4.78, 5) is 28.2. The van der Waals surface area contributed by atoms with E-state index < -0.39 is 0 Å². The smallest absolute Gasteiger partial charge is 0.225 e. The molecule has 1 aromatic carbocycles. The molecule has 31 heavy (non-hydrogen) atoms. The Kier molecular flexibility index (Phi) is 4.84. The van der Waals surface area contributed by atoms with Gasteiger partial charge in [-0.25, -0.2) is 15.0 Å². The third-order valence-corrected chi connectivity index (χ3v) is 5.47. The maximum atomic E-state index is 12.8. The van der Waals surface area contributed by atoms with E-state index in [9.17, 15) is 4.79 Å². The van der Waals surface area contributed by atoms with Crippen molar-refractivity contribution in [2.24, 2.45) is 0 Å². The van der Waals surface area contributed by atoms with Gasteiger partial charge in [0.1, 0.15) is 5.58 Å². The molecule has 3 aromatic heterocycles. The topological polar surface area (TPSA) is 119 Å². The number of aromatic nitrogens is 3. The molecular weight excluding hydrogens is 420 g/mol. The van der Waals surface area contributed by atoms with Crippen LogP contribution in [0.15, 0.2) is 39.7 Å². The van der Waals surface area contributed by atoms with Gasteiger partial charge in [-0.05, 0) is 19.1 Å². The van der Waals surface area contributed by atoms with Gasteiger partial charge in [0.2, 0.25) is 11.4 Å². The molecule has 0 aliphatic carbocycles. The molecule has 0 spiro atoms. The van der Waals surface area contributed by atoms with Crippen molar-refractivity contribution in [3.63, 3.8) is 0 Å². The number of halogens is 1. The Morgan fingerprint density at radius 1 is 1.19 bits per heavy atom. The first-order valence-electron chi connectivity index (χ1n) is 9.80. The van der Waals surface area contributed by atoms with Crippen molar-refractivity contribution in [2.75, 3.05) is 36.8 Å². The van der Waals surface area contributed by atoms with Crippen molar-refractivity contribution in [1.82, 2.24) is 20.3 Å². The molecule has 4 heterocycles. The van der Waals surface area contributed by atoms with Crippen molar-refractivity contribution < 1.29 is 9.15 Å². The molecule has 1 fully saturated rings. The van der Waals surface area contributed by atoms with Gasteiger partial charge in [-0.1, -0.05) is 17.7 Å². The Morgan fingerprint density at radius 3 is 2.77 bits per heavy atom. The first-order chi connectivity index (χ1) is 15.0. The number of hydrogen-bond acceptors (Lipinski definition) is 9. The zero-order valence-electron chi connectivity index (χ0n) is 16.7. The summed E-state index contributed by atoms with van der Waals surface area (Å²) >= 11 is 6.16. The first-order valence-corrected chi connectivity index (χ1v) is 10.2. The fourth-order valence-corrected chi connectivity index (χ4v) is 3.79. The zero-order valence-corrected chi connectivity index (χ0v) is 17.4. The molecule has 1 aliphatic heterocycles. The number of hydrogen-bond donors (Lipinski definition) is 2. The monoisotopic (exact) mass is 438 g/mol. The average Bonchev–Trinajstić information content (AvgIpc) is 2.77. The van der Waals surface area contributed by atoms with Crippen molar-refractivity contribution in [1.29, 1.82) is 0 Å². The number of fused-ring (bicyclic) bond motifs is 2. The molecule has 5 rings (SSSR count). The predicted octanol–water partition coefficient (Wildman–Crippen LogP) is 2.88. The number of nitrogens with one attached hydrogen (secondary N) is 1. The lowest BCUT2D eigenvalue weighted by atomic mass is 10.2. The van der Waals surface area contributed by atoms with E-state index in [1.807, 2.05) is 6.92 Å². The van der Waals surface area contributed by atoms with Crippen molar-refractivity contribution in [3.05, 3.63) is 51.4 Å². The average molecular weight is 439 g/mol. The van der Waals surface area contributed by atoms with Crippen LogP contribution in [0, 0.1) is 6.92 Å². The fraction of sp³-hybridized carbons (Fsp3) is 0.238. The largest absolute Gasteiger partial charge is 0.454 e. The van der Waals surface area contributed by atoms with Gasteiger partial charge in [0.15, 0.2) is 28.4 Å². The third kappa shape index (κ3) is 3.51. The van der Waals surface area contributed by atoms with Crippen LogP contribution < -0.4 is 26.1 Å². The Bertz CT molecular complexity index is 1370. The van der Waals surface area contributed by atoms with Crippen LogP contribution in [-0.2, 0) is 0 Å². The molecule has 9 nitrogen and oxygen atoms in total. The highest BCUT2D eigenvalue weighted by Gasteiger charge is 2.18. The quantitative estimate of drug-likeness (QED) is 0.465. The Labute approximate surface area is 181 Å². The number of piperazine rings is 1. The summed E-state index contributed by atoms with van der Waals surface area (Å²) in [5.74, 6) is 1.40. The molecule has 158 valence electrons. The second kappa shape index (κ2) is 7.68. The van der Waals surface area contributed by atoms with E-state index >= 15 is 0 Å². The summed E-state index contributed by atoms with van der Waals surface area (Å²) in [6.07, 6.45) is 1.61. The predicted molar refractivity (Wildman–Crippen MR) is 119 cm³/mol. The van der Waals surface area contributed by atoms with Crippen molar-refractivity contribution in [3.8, 4) is 11.5 Å². The van der Waals surface area contributed by atoms with Gasteiger partial charge in [-0.15, -0.1) is 0 Å². The summed E-state index contributed by atoms with van der Waals surface area (Å²) in [6.45, 7) is 5.31. The van der Waals surface area contributed by atoms with Gasteiger partial charge in [-0.2, -0.15) is 0 Å². The van der Waals surface area contributed by atoms with Crippen molar-refractivity contribution in [2.45, 2.75) is 6.92 Å². The molecule has 4 aromatic rings. The highest BCUT2D eigenvalue weighted by Crippen LogP contribution is 2.32. The normalized spacial score (nSPS) is 14.3. The maximum Gasteiger partial charge on any atom is 0.225 e. The van der Waals surface area contributed by atoms with E-state index in [4.69, 9.17) is 26.5 Å². The number of benzene rings is 1. The van der Waals surface area contributed by atoms with E-state index in [-0.39, 0.29) is 33.5 Å². The fourth-order valence-electron chi connectivity index (χ4n) is 3.54. The SMILES string of the molecule is Cc1nc(N2CCNCC2)ncc1Oc1cc2oc3cccc(Cl)c3c(=O)c2nc1N. The van der Waals surface area contributed by atoms with Crippen LogP contribution in [0.4, 0.5) is 11.8 Å².